The molecule has 1 saturated carbocycles. The Morgan fingerprint density at radius 1 is 1.26 bits per heavy atom. The summed E-state index contributed by atoms with van der Waals surface area (Å²) >= 11 is 5.92. The van der Waals surface area contributed by atoms with E-state index in [1.165, 1.54) is 0 Å². The van der Waals surface area contributed by atoms with Gasteiger partial charge >= 0.3 is 0 Å². The summed E-state index contributed by atoms with van der Waals surface area (Å²) in [6, 6.07) is 4.16. The number of rotatable bonds is 9. The SMILES string of the molecule is CCc1ccc(C(C)OC)c(CC)c1N(CON=C1CCCC1)C(=O)CCl. The van der Waals surface area contributed by atoms with Crippen molar-refractivity contribution in [3.63, 3.8) is 0 Å². The fourth-order valence-corrected chi connectivity index (χ4v) is 3.73. The average Bonchev–Trinajstić information content (AvgIpc) is 3.22. The van der Waals surface area contributed by atoms with Gasteiger partial charge in [-0.3, -0.25) is 9.69 Å². The van der Waals surface area contributed by atoms with Crippen molar-refractivity contribution in [2.24, 2.45) is 5.16 Å². The Bertz CT molecular complexity index is 668. The van der Waals surface area contributed by atoms with Gasteiger partial charge in [-0.15, -0.1) is 11.6 Å². The van der Waals surface area contributed by atoms with Crippen molar-refractivity contribution >= 4 is 28.9 Å². The molecule has 1 aromatic rings. The number of carbonyl (C=O) groups excluding carboxylic acids is 1. The van der Waals surface area contributed by atoms with Gasteiger partial charge in [-0.25, -0.2) is 0 Å². The lowest BCUT2D eigenvalue weighted by Gasteiger charge is -2.28. The van der Waals surface area contributed by atoms with Gasteiger partial charge in [-0.2, -0.15) is 0 Å². The third-order valence-electron chi connectivity index (χ3n) is 5.18. The molecule has 0 N–H and O–H groups in total. The number of aryl methyl sites for hydroxylation is 1. The second kappa shape index (κ2) is 10.7. The average molecular weight is 395 g/mol. The highest BCUT2D eigenvalue weighted by Crippen LogP contribution is 2.34. The van der Waals surface area contributed by atoms with E-state index in [9.17, 15) is 4.79 Å². The van der Waals surface area contributed by atoms with Crippen LogP contribution >= 0.6 is 11.6 Å². The topological polar surface area (TPSA) is 51.1 Å². The molecule has 27 heavy (non-hydrogen) atoms. The molecule has 0 spiro atoms. The van der Waals surface area contributed by atoms with Crippen LogP contribution < -0.4 is 4.90 Å². The zero-order valence-electron chi connectivity index (χ0n) is 16.9. The fraction of sp³-hybridized carbons (Fsp3) is 0.619. The highest BCUT2D eigenvalue weighted by atomic mass is 35.5. The molecule has 0 aliphatic heterocycles. The molecule has 0 bridgehead atoms. The fourth-order valence-electron chi connectivity index (χ4n) is 3.59. The van der Waals surface area contributed by atoms with Gasteiger partial charge in [0, 0.05) is 7.11 Å². The number of hydrogen-bond donors (Lipinski definition) is 0. The molecular formula is C21H31ClN2O3. The molecule has 150 valence electrons. The highest BCUT2D eigenvalue weighted by Gasteiger charge is 2.24. The van der Waals surface area contributed by atoms with E-state index in [4.69, 9.17) is 21.2 Å². The first kappa shape index (κ1) is 21.7. The lowest BCUT2D eigenvalue weighted by atomic mass is 9.94. The van der Waals surface area contributed by atoms with Gasteiger partial charge in [0.25, 0.3) is 0 Å². The number of alkyl halides is 1. The van der Waals surface area contributed by atoms with Crippen molar-refractivity contribution in [1.82, 2.24) is 0 Å². The lowest BCUT2D eigenvalue weighted by molar-refractivity contribution is -0.117. The van der Waals surface area contributed by atoms with Gasteiger partial charge in [-0.1, -0.05) is 31.1 Å². The Hall–Kier alpha value is -1.59. The monoisotopic (exact) mass is 394 g/mol. The molecule has 2 rings (SSSR count). The molecule has 1 atom stereocenters. The Morgan fingerprint density at radius 3 is 2.52 bits per heavy atom. The molecule has 1 aliphatic carbocycles. The van der Waals surface area contributed by atoms with E-state index in [2.05, 4.69) is 31.1 Å². The Kier molecular flexibility index (Phi) is 8.58. The third-order valence-corrected chi connectivity index (χ3v) is 5.40. The van der Waals surface area contributed by atoms with Gasteiger partial charge in [0.2, 0.25) is 5.91 Å². The van der Waals surface area contributed by atoms with Crippen LogP contribution in [0.3, 0.4) is 0 Å². The first-order chi connectivity index (χ1) is 13.1. The van der Waals surface area contributed by atoms with E-state index >= 15 is 0 Å². The molecule has 1 aromatic carbocycles. The number of amides is 1. The van der Waals surface area contributed by atoms with Crippen LogP contribution in [0.1, 0.15) is 69.2 Å². The van der Waals surface area contributed by atoms with Crippen molar-refractivity contribution < 1.29 is 14.4 Å². The minimum atomic E-state index is -0.185. The van der Waals surface area contributed by atoms with Gasteiger partial charge in [-0.05, 0) is 62.1 Å². The number of carbonyl (C=O) groups is 1. The molecule has 1 fully saturated rings. The van der Waals surface area contributed by atoms with E-state index in [1.54, 1.807) is 12.0 Å². The maximum atomic E-state index is 12.7. The summed E-state index contributed by atoms with van der Waals surface area (Å²) in [5, 5.41) is 4.24. The van der Waals surface area contributed by atoms with Crippen LogP contribution in [-0.2, 0) is 27.2 Å². The highest BCUT2D eigenvalue weighted by molar-refractivity contribution is 6.29. The number of anilines is 1. The van der Waals surface area contributed by atoms with Gasteiger partial charge < -0.3 is 9.57 Å². The van der Waals surface area contributed by atoms with Crippen molar-refractivity contribution in [2.45, 2.75) is 65.4 Å². The van der Waals surface area contributed by atoms with Crippen LogP contribution in [0.2, 0.25) is 0 Å². The lowest BCUT2D eigenvalue weighted by Crippen LogP contribution is -2.35. The van der Waals surface area contributed by atoms with Gasteiger partial charge in [0.1, 0.15) is 5.88 Å². The van der Waals surface area contributed by atoms with Gasteiger partial charge in [0.15, 0.2) is 6.73 Å². The van der Waals surface area contributed by atoms with E-state index in [-0.39, 0.29) is 24.6 Å². The number of benzene rings is 1. The van der Waals surface area contributed by atoms with Gasteiger partial charge in [0.05, 0.1) is 17.5 Å². The molecule has 0 radical (unpaired) electrons. The second-order valence-corrected chi connectivity index (χ2v) is 7.07. The van der Waals surface area contributed by atoms with Crippen molar-refractivity contribution in [3.05, 3.63) is 28.8 Å². The minimum absolute atomic E-state index is 0.0581. The number of oxime groups is 1. The van der Waals surface area contributed by atoms with E-state index < -0.39 is 0 Å². The minimum Gasteiger partial charge on any atom is -0.377 e. The van der Waals surface area contributed by atoms with E-state index in [1.807, 2.05) is 6.92 Å². The van der Waals surface area contributed by atoms with Crippen LogP contribution in [0.15, 0.2) is 17.3 Å². The number of halogens is 1. The quantitative estimate of drug-likeness (QED) is 0.336. The molecule has 0 aromatic heterocycles. The van der Waals surface area contributed by atoms with E-state index in [0.717, 1.165) is 66.6 Å². The van der Waals surface area contributed by atoms with Crippen LogP contribution in [0.4, 0.5) is 5.69 Å². The summed E-state index contributed by atoms with van der Waals surface area (Å²) in [5.41, 5.74) is 5.23. The summed E-state index contributed by atoms with van der Waals surface area (Å²) in [7, 11) is 1.69. The Morgan fingerprint density at radius 2 is 1.96 bits per heavy atom. The first-order valence-electron chi connectivity index (χ1n) is 9.78. The molecular weight excluding hydrogens is 364 g/mol. The number of methoxy groups -OCH3 is 1. The first-order valence-corrected chi connectivity index (χ1v) is 10.3. The maximum Gasteiger partial charge on any atom is 0.244 e. The zero-order chi connectivity index (χ0) is 19.8. The Labute approximate surface area is 167 Å². The summed E-state index contributed by atoms with van der Waals surface area (Å²) < 4.78 is 5.54. The van der Waals surface area contributed by atoms with Crippen LogP contribution in [0.25, 0.3) is 0 Å². The number of ether oxygens (including phenoxy) is 1. The van der Waals surface area contributed by atoms with Crippen molar-refractivity contribution in [2.75, 3.05) is 24.6 Å². The number of hydrogen-bond acceptors (Lipinski definition) is 4. The summed E-state index contributed by atoms with van der Waals surface area (Å²) in [5.74, 6) is -0.286. The molecule has 1 aliphatic rings. The molecule has 5 nitrogen and oxygen atoms in total. The number of nitrogens with zero attached hydrogens (tertiary/aromatic N) is 2. The summed E-state index contributed by atoms with van der Waals surface area (Å²) in [4.78, 5) is 19.9. The maximum absolute atomic E-state index is 12.7. The normalized spacial score (nSPS) is 14.9. The van der Waals surface area contributed by atoms with Crippen LogP contribution in [-0.4, -0.2) is 31.3 Å². The van der Waals surface area contributed by atoms with Crippen molar-refractivity contribution in [3.8, 4) is 0 Å². The predicted octanol–water partition coefficient (Wildman–Crippen LogP) is 4.99. The summed E-state index contributed by atoms with van der Waals surface area (Å²) in [6.45, 7) is 6.26. The molecule has 6 heteroatoms. The third kappa shape index (κ3) is 5.23. The largest absolute Gasteiger partial charge is 0.377 e. The predicted molar refractivity (Wildman–Crippen MR) is 111 cm³/mol. The summed E-state index contributed by atoms with van der Waals surface area (Å²) in [6.07, 6.45) is 5.80. The van der Waals surface area contributed by atoms with E-state index in [0.29, 0.717) is 0 Å². The molecule has 1 unspecified atom stereocenters. The molecule has 0 heterocycles. The van der Waals surface area contributed by atoms with Crippen molar-refractivity contribution in [1.29, 1.82) is 0 Å². The second-order valence-electron chi connectivity index (χ2n) is 6.80. The molecule has 1 amide bonds. The van der Waals surface area contributed by atoms with Crippen LogP contribution in [0.5, 0.6) is 0 Å². The Balaban J connectivity index is 2.42. The smallest absolute Gasteiger partial charge is 0.244 e. The molecule has 0 saturated heterocycles. The zero-order valence-corrected chi connectivity index (χ0v) is 17.6. The van der Waals surface area contributed by atoms with Crippen LogP contribution in [0, 0.1) is 0 Å². The standard InChI is InChI=1S/C21H31ClN2O3/c1-5-16-11-12-19(15(3)26-4)18(6-2)21(16)24(20(25)13-22)14-27-23-17-9-7-8-10-17/h11-12,15H,5-10,13-14H2,1-4H3.